The maximum absolute atomic E-state index is 12.2. The van der Waals surface area contributed by atoms with Gasteiger partial charge in [-0.1, -0.05) is 12.1 Å². The Morgan fingerprint density at radius 1 is 1.37 bits per heavy atom. The first-order valence-electron chi connectivity index (χ1n) is 6.18. The van der Waals surface area contributed by atoms with E-state index in [2.05, 4.69) is 10.0 Å². The van der Waals surface area contributed by atoms with Crippen LogP contribution >= 0.6 is 0 Å². The summed E-state index contributed by atoms with van der Waals surface area (Å²) in [5.74, 6) is 0. The molecule has 7 heteroatoms. The Labute approximate surface area is 113 Å². The van der Waals surface area contributed by atoms with E-state index in [0.29, 0.717) is 38.5 Å². The molecule has 2 N–H and O–H groups in total. The standard InChI is InChI=1S/C12H19N3O3S/c1-18-10-11-3-2-4-12(9-11)14-19(16,17)15-7-5-13-6-8-15/h2-4,9,13-14H,5-8,10H2,1H3. The van der Waals surface area contributed by atoms with Gasteiger partial charge in [0.25, 0.3) is 0 Å². The number of methoxy groups -OCH3 is 1. The van der Waals surface area contributed by atoms with Gasteiger partial charge in [-0.2, -0.15) is 12.7 Å². The van der Waals surface area contributed by atoms with E-state index in [-0.39, 0.29) is 0 Å². The number of piperazine rings is 1. The molecule has 0 saturated carbocycles. The van der Waals surface area contributed by atoms with Crippen molar-refractivity contribution >= 4 is 15.9 Å². The Hall–Kier alpha value is -1.15. The van der Waals surface area contributed by atoms with Gasteiger partial charge in [-0.05, 0) is 17.7 Å². The van der Waals surface area contributed by atoms with Crippen LogP contribution in [-0.4, -0.2) is 46.0 Å². The molecule has 106 valence electrons. The smallest absolute Gasteiger partial charge is 0.301 e. The summed E-state index contributed by atoms with van der Waals surface area (Å²) in [6.07, 6.45) is 0. The first kappa shape index (κ1) is 14.3. The third kappa shape index (κ3) is 3.90. The van der Waals surface area contributed by atoms with E-state index in [0.717, 1.165) is 5.56 Å². The molecular formula is C12H19N3O3S. The maximum atomic E-state index is 12.2. The molecule has 0 spiro atoms. The summed E-state index contributed by atoms with van der Waals surface area (Å²) in [6, 6.07) is 7.22. The second-order valence-electron chi connectivity index (χ2n) is 4.39. The topological polar surface area (TPSA) is 70.7 Å². The van der Waals surface area contributed by atoms with Crippen molar-refractivity contribution < 1.29 is 13.2 Å². The SMILES string of the molecule is COCc1cccc(NS(=O)(=O)N2CCNCC2)c1. The molecule has 1 aliphatic rings. The molecule has 19 heavy (non-hydrogen) atoms. The van der Waals surface area contributed by atoms with Crippen molar-refractivity contribution in [2.24, 2.45) is 0 Å². The molecule has 0 aromatic heterocycles. The summed E-state index contributed by atoms with van der Waals surface area (Å²) in [4.78, 5) is 0. The lowest BCUT2D eigenvalue weighted by atomic mass is 10.2. The second-order valence-corrected chi connectivity index (χ2v) is 6.06. The zero-order valence-corrected chi connectivity index (χ0v) is 11.7. The Balaban J connectivity index is 2.08. The van der Waals surface area contributed by atoms with Gasteiger partial charge in [0.1, 0.15) is 0 Å². The highest BCUT2D eigenvalue weighted by Gasteiger charge is 2.23. The van der Waals surface area contributed by atoms with Gasteiger partial charge in [-0.15, -0.1) is 0 Å². The third-order valence-corrected chi connectivity index (χ3v) is 4.44. The number of rotatable bonds is 5. The Bertz CT molecular complexity index is 513. The van der Waals surface area contributed by atoms with E-state index in [1.165, 1.54) is 4.31 Å². The quantitative estimate of drug-likeness (QED) is 0.821. The second kappa shape index (κ2) is 6.33. The maximum Gasteiger partial charge on any atom is 0.301 e. The number of hydrogen-bond acceptors (Lipinski definition) is 4. The van der Waals surface area contributed by atoms with Gasteiger partial charge < -0.3 is 10.1 Å². The van der Waals surface area contributed by atoms with Crippen molar-refractivity contribution in [2.75, 3.05) is 38.0 Å². The fourth-order valence-corrected chi connectivity index (χ4v) is 3.21. The number of hydrogen-bond donors (Lipinski definition) is 2. The lowest BCUT2D eigenvalue weighted by molar-refractivity contribution is 0.185. The molecule has 1 aromatic carbocycles. The van der Waals surface area contributed by atoms with E-state index in [9.17, 15) is 8.42 Å². The largest absolute Gasteiger partial charge is 0.380 e. The van der Waals surface area contributed by atoms with Crippen LogP contribution in [0.2, 0.25) is 0 Å². The van der Waals surface area contributed by atoms with E-state index in [1.54, 1.807) is 19.2 Å². The van der Waals surface area contributed by atoms with Gasteiger partial charge in [-0.25, -0.2) is 0 Å². The molecular weight excluding hydrogens is 266 g/mol. The van der Waals surface area contributed by atoms with Gasteiger partial charge in [0, 0.05) is 33.3 Å². The number of anilines is 1. The molecule has 0 amide bonds. The molecule has 0 aliphatic carbocycles. The molecule has 1 aliphatic heterocycles. The van der Waals surface area contributed by atoms with Crippen molar-refractivity contribution in [3.8, 4) is 0 Å². The Morgan fingerprint density at radius 2 is 2.11 bits per heavy atom. The first-order chi connectivity index (χ1) is 9.12. The highest BCUT2D eigenvalue weighted by Crippen LogP contribution is 2.15. The number of ether oxygens (including phenoxy) is 1. The van der Waals surface area contributed by atoms with Crippen molar-refractivity contribution in [3.05, 3.63) is 29.8 Å². The van der Waals surface area contributed by atoms with Gasteiger partial charge in [0.2, 0.25) is 0 Å². The van der Waals surface area contributed by atoms with Crippen LogP contribution in [-0.2, 0) is 21.6 Å². The molecule has 0 bridgehead atoms. The van der Waals surface area contributed by atoms with Crippen LogP contribution < -0.4 is 10.0 Å². The minimum atomic E-state index is -3.47. The van der Waals surface area contributed by atoms with Crippen LogP contribution in [0.3, 0.4) is 0 Å². The van der Waals surface area contributed by atoms with E-state index in [4.69, 9.17) is 4.74 Å². The monoisotopic (exact) mass is 285 g/mol. The number of nitrogens with zero attached hydrogens (tertiary/aromatic N) is 1. The summed E-state index contributed by atoms with van der Waals surface area (Å²) < 4.78 is 33.4. The highest BCUT2D eigenvalue weighted by atomic mass is 32.2. The summed E-state index contributed by atoms with van der Waals surface area (Å²) in [6.45, 7) is 2.82. The van der Waals surface area contributed by atoms with Crippen LogP contribution in [0.15, 0.2) is 24.3 Å². The molecule has 1 saturated heterocycles. The third-order valence-electron chi connectivity index (χ3n) is 2.90. The first-order valence-corrected chi connectivity index (χ1v) is 7.62. The number of nitrogens with one attached hydrogen (secondary N) is 2. The molecule has 0 unspecified atom stereocenters. The molecule has 2 rings (SSSR count). The van der Waals surface area contributed by atoms with Crippen molar-refractivity contribution in [1.82, 2.24) is 9.62 Å². The predicted octanol–water partition coefficient (Wildman–Crippen LogP) is 0.395. The van der Waals surface area contributed by atoms with E-state index in [1.807, 2.05) is 12.1 Å². The summed E-state index contributed by atoms with van der Waals surface area (Å²) >= 11 is 0. The van der Waals surface area contributed by atoms with Crippen LogP contribution in [0.25, 0.3) is 0 Å². The Kier molecular flexibility index (Phi) is 4.76. The van der Waals surface area contributed by atoms with Gasteiger partial charge >= 0.3 is 10.2 Å². The molecule has 1 aromatic rings. The van der Waals surface area contributed by atoms with Crippen LogP contribution in [0.1, 0.15) is 5.56 Å². The van der Waals surface area contributed by atoms with Crippen LogP contribution in [0.4, 0.5) is 5.69 Å². The zero-order valence-electron chi connectivity index (χ0n) is 10.9. The molecule has 0 radical (unpaired) electrons. The summed E-state index contributed by atoms with van der Waals surface area (Å²) in [5, 5.41) is 3.13. The van der Waals surface area contributed by atoms with Crippen molar-refractivity contribution in [1.29, 1.82) is 0 Å². The molecule has 0 atom stereocenters. The summed E-state index contributed by atoms with van der Waals surface area (Å²) in [5.41, 5.74) is 1.50. The van der Waals surface area contributed by atoms with Crippen molar-refractivity contribution in [2.45, 2.75) is 6.61 Å². The normalized spacial score (nSPS) is 17.3. The van der Waals surface area contributed by atoms with E-state index >= 15 is 0 Å². The predicted molar refractivity (Wildman–Crippen MR) is 74.1 cm³/mol. The lowest BCUT2D eigenvalue weighted by Gasteiger charge is -2.26. The molecule has 1 fully saturated rings. The average molecular weight is 285 g/mol. The van der Waals surface area contributed by atoms with Crippen LogP contribution in [0.5, 0.6) is 0 Å². The molecule has 1 heterocycles. The van der Waals surface area contributed by atoms with Gasteiger partial charge in [0.15, 0.2) is 0 Å². The Morgan fingerprint density at radius 3 is 2.79 bits per heavy atom. The minimum absolute atomic E-state index is 0.462. The fourth-order valence-electron chi connectivity index (χ4n) is 1.99. The average Bonchev–Trinajstić information content (AvgIpc) is 2.40. The number of benzene rings is 1. The minimum Gasteiger partial charge on any atom is -0.380 e. The zero-order chi connectivity index (χ0) is 13.7. The van der Waals surface area contributed by atoms with Crippen molar-refractivity contribution in [3.63, 3.8) is 0 Å². The van der Waals surface area contributed by atoms with Gasteiger partial charge in [-0.3, -0.25) is 4.72 Å². The lowest BCUT2D eigenvalue weighted by Crippen LogP contribution is -2.48. The highest BCUT2D eigenvalue weighted by molar-refractivity contribution is 7.90. The van der Waals surface area contributed by atoms with Crippen LogP contribution in [0, 0.1) is 0 Å². The molecule has 6 nitrogen and oxygen atoms in total. The fraction of sp³-hybridized carbons (Fsp3) is 0.500. The van der Waals surface area contributed by atoms with E-state index < -0.39 is 10.2 Å². The van der Waals surface area contributed by atoms with Gasteiger partial charge in [0.05, 0.1) is 12.3 Å². The summed E-state index contributed by atoms with van der Waals surface area (Å²) in [7, 11) is -1.86.